The van der Waals surface area contributed by atoms with Gasteiger partial charge in [0.15, 0.2) is 11.5 Å². The third-order valence-electron chi connectivity index (χ3n) is 4.93. The largest absolute Gasteiger partial charge is 0.493 e. The highest BCUT2D eigenvalue weighted by Crippen LogP contribution is 2.38. The lowest BCUT2D eigenvalue weighted by molar-refractivity contribution is 0.0506. The molecule has 1 unspecified atom stereocenters. The van der Waals surface area contributed by atoms with Crippen molar-refractivity contribution < 1.29 is 23.7 Å². The Morgan fingerprint density at radius 3 is 2.28 bits per heavy atom. The second-order valence-electron chi connectivity index (χ2n) is 6.86. The summed E-state index contributed by atoms with van der Waals surface area (Å²) < 4.78 is 21.9. The molecule has 0 aliphatic carbocycles. The summed E-state index contributed by atoms with van der Waals surface area (Å²) in [6, 6.07) is 10.8. The summed E-state index contributed by atoms with van der Waals surface area (Å²) >= 11 is 6.00. The van der Waals surface area contributed by atoms with E-state index in [9.17, 15) is 4.79 Å². The van der Waals surface area contributed by atoms with Crippen LogP contribution in [-0.2, 0) is 11.3 Å². The zero-order valence-electron chi connectivity index (χ0n) is 16.9. The van der Waals surface area contributed by atoms with E-state index < -0.39 is 0 Å². The Morgan fingerprint density at radius 2 is 1.76 bits per heavy atom. The number of nitrogens with zero attached hydrogens (tertiary/aromatic N) is 1. The average Bonchev–Trinajstić information content (AvgIpc) is 3.26. The molecule has 0 radical (unpaired) electrons. The van der Waals surface area contributed by atoms with Crippen LogP contribution >= 0.6 is 11.6 Å². The van der Waals surface area contributed by atoms with Crippen LogP contribution in [0.2, 0.25) is 5.02 Å². The van der Waals surface area contributed by atoms with Crippen molar-refractivity contribution in [1.82, 2.24) is 4.90 Å². The number of ether oxygens (including phenoxy) is 4. The van der Waals surface area contributed by atoms with Crippen LogP contribution in [0.4, 0.5) is 0 Å². The maximum atomic E-state index is 13.4. The topological polar surface area (TPSA) is 57.2 Å². The third kappa shape index (κ3) is 5.14. The van der Waals surface area contributed by atoms with Gasteiger partial charge in [-0.15, -0.1) is 0 Å². The number of hydrogen-bond acceptors (Lipinski definition) is 5. The molecule has 0 bridgehead atoms. The van der Waals surface area contributed by atoms with Crippen LogP contribution in [0.15, 0.2) is 36.4 Å². The van der Waals surface area contributed by atoms with Gasteiger partial charge < -0.3 is 23.8 Å². The maximum Gasteiger partial charge on any atom is 0.254 e. The van der Waals surface area contributed by atoms with E-state index in [2.05, 4.69) is 0 Å². The van der Waals surface area contributed by atoms with Crippen molar-refractivity contribution in [2.45, 2.75) is 25.5 Å². The fourth-order valence-electron chi connectivity index (χ4n) is 3.45. The van der Waals surface area contributed by atoms with Gasteiger partial charge in [0.2, 0.25) is 5.75 Å². The molecule has 0 saturated carbocycles. The van der Waals surface area contributed by atoms with Crippen LogP contribution in [0.25, 0.3) is 0 Å². The summed E-state index contributed by atoms with van der Waals surface area (Å²) in [4.78, 5) is 15.2. The van der Waals surface area contributed by atoms with Gasteiger partial charge in [-0.05, 0) is 42.7 Å². The molecule has 156 valence electrons. The van der Waals surface area contributed by atoms with Gasteiger partial charge in [0.25, 0.3) is 5.91 Å². The van der Waals surface area contributed by atoms with E-state index in [1.54, 1.807) is 17.0 Å². The lowest BCUT2D eigenvalue weighted by Gasteiger charge is -2.26. The molecule has 0 N–H and O–H groups in total. The average molecular weight is 420 g/mol. The van der Waals surface area contributed by atoms with Gasteiger partial charge in [0.1, 0.15) is 0 Å². The zero-order valence-corrected chi connectivity index (χ0v) is 17.7. The molecule has 1 fully saturated rings. The van der Waals surface area contributed by atoms with Gasteiger partial charge in [-0.3, -0.25) is 4.79 Å². The van der Waals surface area contributed by atoms with Crippen molar-refractivity contribution >= 4 is 17.5 Å². The number of rotatable bonds is 8. The first-order chi connectivity index (χ1) is 14.0. The smallest absolute Gasteiger partial charge is 0.254 e. The Bertz CT molecular complexity index is 809. The molecule has 0 spiro atoms. The fraction of sp³-hybridized carbons (Fsp3) is 0.409. The van der Waals surface area contributed by atoms with Crippen molar-refractivity contribution in [3.63, 3.8) is 0 Å². The second-order valence-corrected chi connectivity index (χ2v) is 7.30. The van der Waals surface area contributed by atoms with E-state index in [1.807, 2.05) is 24.3 Å². The molecule has 1 aliphatic rings. The number of amides is 1. The molecule has 3 rings (SSSR count). The van der Waals surface area contributed by atoms with Crippen LogP contribution < -0.4 is 14.2 Å². The molecule has 29 heavy (non-hydrogen) atoms. The van der Waals surface area contributed by atoms with Crippen LogP contribution in [0.3, 0.4) is 0 Å². The quantitative estimate of drug-likeness (QED) is 0.642. The number of carbonyl (C=O) groups excluding carboxylic acids is 1. The standard InChI is InChI=1S/C22H26ClNO5/c1-26-19-11-16(12-20(27-2)21(19)28-3)22(25)24(14-18-5-4-10-29-18)13-15-6-8-17(23)9-7-15/h6-9,11-12,18H,4-5,10,13-14H2,1-3H3. The lowest BCUT2D eigenvalue weighted by atomic mass is 10.1. The number of carbonyl (C=O) groups is 1. The van der Waals surface area contributed by atoms with Crippen molar-refractivity contribution in [2.24, 2.45) is 0 Å². The van der Waals surface area contributed by atoms with E-state index in [4.69, 9.17) is 30.5 Å². The van der Waals surface area contributed by atoms with Gasteiger partial charge >= 0.3 is 0 Å². The Morgan fingerprint density at radius 1 is 1.10 bits per heavy atom. The molecule has 1 aliphatic heterocycles. The Hall–Kier alpha value is -2.44. The van der Waals surface area contributed by atoms with Gasteiger partial charge in [0.05, 0.1) is 27.4 Å². The molecule has 1 saturated heterocycles. The molecule has 1 atom stereocenters. The molecule has 2 aromatic rings. The first-order valence-electron chi connectivity index (χ1n) is 9.51. The molecule has 1 heterocycles. The van der Waals surface area contributed by atoms with E-state index in [0.717, 1.165) is 25.0 Å². The first kappa shape index (κ1) is 21.3. The minimum absolute atomic E-state index is 0.0355. The van der Waals surface area contributed by atoms with Crippen LogP contribution in [-0.4, -0.2) is 51.4 Å². The summed E-state index contributed by atoms with van der Waals surface area (Å²) in [5.41, 5.74) is 1.46. The van der Waals surface area contributed by atoms with Crippen LogP contribution in [0, 0.1) is 0 Å². The van der Waals surface area contributed by atoms with Gasteiger partial charge in [-0.25, -0.2) is 0 Å². The molecule has 6 nitrogen and oxygen atoms in total. The van der Waals surface area contributed by atoms with Crippen LogP contribution in [0.1, 0.15) is 28.8 Å². The minimum atomic E-state index is -0.130. The molecule has 7 heteroatoms. The van der Waals surface area contributed by atoms with E-state index in [-0.39, 0.29) is 12.0 Å². The fourth-order valence-corrected chi connectivity index (χ4v) is 3.58. The highest BCUT2D eigenvalue weighted by Gasteiger charge is 2.26. The number of methoxy groups -OCH3 is 3. The first-order valence-corrected chi connectivity index (χ1v) is 9.88. The predicted octanol–water partition coefficient (Wildman–Crippen LogP) is 4.19. The van der Waals surface area contributed by atoms with Crippen molar-refractivity contribution in [1.29, 1.82) is 0 Å². The molecule has 1 amide bonds. The van der Waals surface area contributed by atoms with Crippen LogP contribution in [0.5, 0.6) is 17.2 Å². The Kier molecular flexibility index (Phi) is 7.23. The normalized spacial score (nSPS) is 15.8. The summed E-state index contributed by atoms with van der Waals surface area (Å²) in [6.07, 6.45) is 1.99. The molecular formula is C22H26ClNO5. The molecule has 0 aromatic heterocycles. The van der Waals surface area contributed by atoms with Crippen molar-refractivity contribution in [3.05, 3.63) is 52.5 Å². The van der Waals surface area contributed by atoms with Gasteiger partial charge in [0, 0.05) is 30.3 Å². The summed E-state index contributed by atoms with van der Waals surface area (Å²) in [5, 5.41) is 0.662. The predicted molar refractivity (Wildman–Crippen MR) is 111 cm³/mol. The number of hydrogen-bond donors (Lipinski definition) is 0. The monoisotopic (exact) mass is 419 g/mol. The lowest BCUT2D eigenvalue weighted by Crippen LogP contribution is -2.37. The summed E-state index contributed by atoms with van der Waals surface area (Å²) in [7, 11) is 4.60. The summed E-state index contributed by atoms with van der Waals surface area (Å²) in [6.45, 7) is 1.70. The zero-order chi connectivity index (χ0) is 20.8. The molecule has 2 aromatic carbocycles. The maximum absolute atomic E-state index is 13.4. The highest BCUT2D eigenvalue weighted by atomic mass is 35.5. The minimum Gasteiger partial charge on any atom is -0.493 e. The van der Waals surface area contributed by atoms with Crippen molar-refractivity contribution in [2.75, 3.05) is 34.5 Å². The van der Waals surface area contributed by atoms with E-state index >= 15 is 0 Å². The van der Waals surface area contributed by atoms with Gasteiger partial charge in [-0.1, -0.05) is 23.7 Å². The van der Waals surface area contributed by atoms with Gasteiger partial charge in [-0.2, -0.15) is 0 Å². The van der Waals surface area contributed by atoms with E-state index in [0.29, 0.717) is 40.9 Å². The second kappa shape index (κ2) is 9.85. The van der Waals surface area contributed by atoms with E-state index in [1.165, 1.54) is 21.3 Å². The number of halogens is 1. The highest BCUT2D eigenvalue weighted by molar-refractivity contribution is 6.30. The van der Waals surface area contributed by atoms with Crippen molar-refractivity contribution in [3.8, 4) is 17.2 Å². The number of benzene rings is 2. The summed E-state index contributed by atoms with van der Waals surface area (Å²) in [5.74, 6) is 1.21. The Labute approximate surface area is 176 Å². The Balaban J connectivity index is 1.91. The third-order valence-corrected chi connectivity index (χ3v) is 5.19. The molecular weight excluding hydrogens is 394 g/mol. The SMILES string of the molecule is COc1cc(C(=O)N(Cc2ccc(Cl)cc2)CC2CCCO2)cc(OC)c1OC.